The van der Waals surface area contributed by atoms with E-state index in [-0.39, 0.29) is 23.8 Å². The zero-order valence-electron chi connectivity index (χ0n) is 23.3. The number of carbonyl (C=O) groups is 1. The van der Waals surface area contributed by atoms with Crippen molar-refractivity contribution in [1.82, 2.24) is 25.1 Å². The molecule has 2 aromatic heterocycles. The number of nitrogens with one attached hydrogen (secondary N) is 2. The van der Waals surface area contributed by atoms with E-state index in [1.165, 1.54) is 6.07 Å². The van der Waals surface area contributed by atoms with Crippen LogP contribution in [0.2, 0.25) is 0 Å². The summed E-state index contributed by atoms with van der Waals surface area (Å²) in [7, 11) is 1.70. The first-order chi connectivity index (χ1) is 19.3. The minimum absolute atomic E-state index is 0.0762. The third-order valence-corrected chi connectivity index (χ3v) is 7.73. The number of rotatable bonds is 8. The number of hydrogen-bond donors (Lipinski definition) is 2. The van der Waals surface area contributed by atoms with Crippen molar-refractivity contribution >= 4 is 11.8 Å². The van der Waals surface area contributed by atoms with Gasteiger partial charge in [0.05, 0.1) is 5.69 Å². The van der Waals surface area contributed by atoms with Crippen LogP contribution in [0.4, 0.5) is 15.0 Å². The van der Waals surface area contributed by atoms with Crippen molar-refractivity contribution in [3.8, 4) is 16.9 Å². The summed E-state index contributed by atoms with van der Waals surface area (Å²) in [6.07, 6.45) is 6.11. The molecular weight excluding hydrogens is 507 g/mol. The lowest BCUT2D eigenvalue weighted by Crippen LogP contribution is -2.40. The van der Waals surface area contributed by atoms with Gasteiger partial charge in [0.15, 0.2) is 0 Å². The van der Waals surface area contributed by atoms with Crippen LogP contribution in [-0.2, 0) is 4.74 Å². The van der Waals surface area contributed by atoms with E-state index in [4.69, 9.17) is 9.84 Å². The Labute approximate surface area is 234 Å². The van der Waals surface area contributed by atoms with Gasteiger partial charge in [-0.2, -0.15) is 5.10 Å². The number of ether oxygens (including phenoxy) is 1. The molecule has 9 heteroatoms. The molecule has 208 valence electrons. The Kier molecular flexibility index (Phi) is 8.21. The molecule has 0 bridgehead atoms. The number of amides is 2. The summed E-state index contributed by atoms with van der Waals surface area (Å²) in [5, 5.41) is 11.1. The largest absolute Gasteiger partial charge is 0.385 e. The number of nitrogens with zero attached hydrogens (tertiary/aromatic N) is 4. The van der Waals surface area contributed by atoms with Crippen LogP contribution < -0.4 is 10.6 Å². The number of aryl methyl sites for hydroxylation is 2. The van der Waals surface area contributed by atoms with Crippen LogP contribution >= 0.6 is 0 Å². The molecule has 2 aromatic carbocycles. The van der Waals surface area contributed by atoms with Crippen molar-refractivity contribution in [2.24, 2.45) is 5.92 Å². The highest BCUT2D eigenvalue weighted by molar-refractivity contribution is 5.91. The zero-order chi connectivity index (χ0) is 28.2. The number of anilines is 1. The molecule has 0 aliphatic heterocycles. The second kappa shape index (κ2) is 12.0. The third-order valence-electron chi connectivity index (χ3n) is 7.73. The molecule has 40 heavy (non-hydrogen) atoms. The molecule has 2 amide bonds. The van der Waals surface area contributed by atoms with Crippen LogP contribution in [0.1, 0.15) is 47.7 Å². The number of hydrogen-bond acceptors (Lipinski definition) is 5. The number of methoxy groups -OCH3 is 1. The molecule has 3 atom stereocenters. The molecule has 5 rings (SSSR count). The molecule has 4 aromatic rings. The number of aromatic nitrogens is 4. The number of halogens is 1. The monoisotopic (exact) mass is 542 g/mol. The fourth-order valence-corrected chi connectivity index (χ4v) is 5.59. The Morgan fingerprint density at radius 2 is 1.82 bits per heavy atom. The van der Waals surface area contributed by atoms with Gasteiger partial charge >= 0.3 is 6.03 Å². The van der Waals surface area contributed by atoms with Crippen LogP contribution in [0, 0.1) is 32.5 Å². The highest BCUT2D eigenvalue weighted by Gasteiger charge is 2.36. The summed E-state index contributed by atoms with van der Waals surface area (Å²) >= 11 is 0. The van der Waals surface area contributed by atoms with Gasteiger partial charge in [-0.1, -0.05) is 30.3 Å². The van der Waals surface area contributed by atoms with Crippen molar-refractivity contribution in [2.45, 2.75) is 52.0 Å². The molecule has 1 aliphatic carbocycles. The van der Waals surface area contributed by atoms with Crippen LogP contribution in [0.15, 0.2) is 60.9 Å². The smallest absolute Gasteiger partial charge is 0.320 e. The highest BCUT2D eigenvalue weighted by atomic mass is 19.1. The summed E-state index contributed by atoms with van der Waals surface area (Å²) in [6.45, 7) is 6.20. The molecule has 0 unspecified atom stereocenters. The van der Waals surface area contributed by atoms with Gasteiger partial charge in [-0.25, -0.2) is 23.8 Å². The molecule has 2 heterocycles. The molecule has 0 spiro atoms. The van der Waals surface area contributed by atoms with E-state index in [1.807, 2.05) is 56.3 Å². The highest BCUT2D eigenvalue weighted by Crippen LogP contribution is 2.41. The van der Waals surface area contributed by atoms with E-state index < -0.39 is 0 Å². The summed E-state index contributed by atoms with van der Waals surface area (Å²) < 4.78 is 21.1. The summed E-state index contributed by atoms with van der Waals surface area (Å²) in [4.78, 5) is 22.2. The van der Waals surface area contributed by atoms with E-state index in [2.05, 4.69) is 20.6 Å². The Balaban J connectivity index is 1.42. The average Bonchev–Trinajstić information content (AvgIpc) is 3.50. The van der Waals surface area contributed by atoms with Gasteiger partial charge in [0, 0.05) is 49.2 Å². The minimum Gasteiger partial charge on any atom is -0.385 e. The number of para-hydroxylation sites is 1. The van der Waals surface area contributed by atoms with Gasteiger partial charge in [0.25, 0.3) is 0 Å². The van der Waals surface area contributed by atoms with Crippen LogP contribution in [0.5, 0.6) is 0 Å². The maximum atomic E-state index is 14.0. The first-order valence-corrected chi connectivity index (χ1v) is 13.6. The van der Waals surface area contributed by atoms with Gasteiger partial charge in [0.2, 0.25) is 0 Å². The Hall–Kier alpha value is -4.11. The maximum Gasteiger partial charge on any atom is 0.320 e. The van der Waals surface area contributed by atoms with Gasteiger partial charge in [-0.05, 0) is 75.3 Å². The van der Waals surface area contributed by atoms with Gasteiger partial charge in [-0.3, -0.25) is 5.32 Å². The fourth-order valence-electron chi connectivity index (χ4n) is 5.59. The van der Waals surface area contributed by atoms with E-state index in [0.29, 0.717) is 35.4 Å². The van der Waals surface area contributed by atoms with Crippen LogP contribution in [-0.4, -0.2) is 45.5 Å². The van der Waals surface area contributed by atoms with Crippen molar-refractivity contribution in [2.75, 3.05) is 19.0 Å². The van der Waals surface area contributed by atoms with Gasteiger partial charge in [0.1, 0.15) is 23.2 Å². The predicted molar refractivity (Wildman–Crippen MR) is 153 cm³/mol. The number of urea groups is 1. The molecule has 0 saturated heterocycles. The van der Waals surface area contributed by atoms with Gasteiger partial charge in [-0.15, -0.1) is 0 Å². The predicted octanol–water partition coefficient (Wildman–Crippen LogP) is 6.11. The SMILES string of the molecule is COCC[C@@H]1C[C@@H](NC(=O)Nc2c(C)c(-c3cnc(C)nc3)nn2-c2ccccc2)[C@H](c2ccc(F)c(C)c2)C1. The van der Waals surface area contributed by atoms with E-state index in [9.17, 15) is 9.18 Å². The third kappa shape index (κ3) is 5.89. The first kappa shape index (κ1) is 27.5. The van der Waals surface area contributed by atoms with E-state index in [0.717, 1.165) is 41.6 Å². The fraction of sp³-hybridized carbons (Fsp3) is 0.355. The van der Waals surface area contributed by atoms with Crippen LogP contribution in [0.25, 0.3) is 16.9 Å². The van der Waals surface area contributed by atoms with Gasteiger partial charge < -0.3 is 10.1 Å². The lowest BCUT2D eigenvalue weighted by molar-refractivity contribution is 0.177. The maximum absolute atomic E-state index is 14.0. The summed E-state index contributed by atoms with van der Waals surface area (Å²) in [6, 6.07) is 14.5. The lowest BCUT2D eigenvalue weighted by Gasteiger charge is -2.22. The van der Waals surface area contributed by atoms with E-state index >= 15 is 0 Å². The molecule has 1 aliphatic rings. The number of benzene rings is 2. The second-order valence-electron chi connectivity index (χ2n) is 10.5. The second-order valence-corrected chi connectivity index (χ2v) is 10.5. The Morgan fingerprint density at radius 1 is 1.07 bits per heavy atom. The van der Waals surface area contributed by atoms with Crippen molar-refractivity contribution in [3.05, 3.63) is 89.3 Å². The van der Waals surface area contributed by atoms with Crippen LogP contribution in [0.3, 0.4) is 0 Å². The molecule has 1 fully saturated rings. The molecule has 1 saturated carbocycles. The Morgan fingerprint density at radius 3 is 2.52 bits per heavy atom. The lowest BCUT2D eigenvalue weighted by atomic mass is 9.92. The molecular formula is C31H35FN6O2. The quantitative estimate of drug-likeness (QED) is 0.280. The van der Waals surface area contributed by atoms with E-state index in [1.54, 1.807) is 31.1 Å². The number of carbonyl (C=O) groups excluding carboxylic acids is 1. The standard InChI is InChI=1S/C31H35FN6O2/c1-19-14-23(10-11-27(19)32)26-15-22(12-13-40-4)16-28(26)35-31(39)36-30-20(2)29(24-17-33-21(3)34-18-24)37-38(30)25-8-6-5-7-9-25/h5-11,14,17-18,22,26,28H,12-13,15-16H2,1-4H3,(H2,35,36,39)/t22-,26-,28+/m0/s1. The van der Waals surface area contributed by atoms with Crippen molar-refractivity contribution in [1.29, 1.82) is 0 Å². The van der Waals surface area contributed by atoms with Crippen molar-refractivity contribution in [3.63, 3.8) is 0 Å². The molecule has 0 radical (unpaired) electrons. The molecule has 2 N–H and O–H groups in total. The summed E-state index contributed by atoms with van der Waals surface area (Å²) in [5.74, 6) is 1.49. The summed E-state index contributed by atoms with van der Waals surface area (Å²) in [5.41, 5.74) is 4.73. The first-order valence-electron chi connectivity index (χ1n) is 13.6. The Bertz CT molecular complexity index is 1470. The molecule has 8 nitrogen and oxygen atoms in total. The normalized spacial score (nSPS) is 18.6. The van der Waals surface area contributed by atoms with Crippen molar-refractivity contribution < 1.29 is 13.9 Å². The zero-order valence-corrected chi connectivity index (χ0v) is 23.3. The minimum atomic E-state index is -0.312. The average molecular weight is 543 g/mol. The topological polar surface area (TPSA) is 94.0 Å².